The van der Waals surface area contributed by atoms with Gasteiger partial charge in [0, 0.05) is 44.4 Å². The first-order chi connectivity index (χ1) is 16.2. The first-order valence-corrected chi connectivity index (χ1v) is 11.6. The zero-order valence-corrected chi connectivity index (χ0v) is 21.9. The average Bonchev–Trinajstić information content (AvgIpc) is 3.22. The number of fused-ring (bicyclic) bond motifs is 1. The number of hydrogen-bond acceptors (Lipinski definition) is 3. The summed E-state index contributed by atoms with van der Waals surface area (Å²) in [5.41, 5.74) is 1.27. The second-order valence-corrected chi connectivity index (χ2v) is 8.35. The predicted molar refractivity (Wildman–Crippen MR) is 149 cm³/mol. The fourth-order valence-corrected chi connectivity index (χ4v) is 4.23. The summed E-state index contributed by atoms with van der Waals surface area (Å²) >= 11 is 0. The average molecular weight is 572 g/mol. The molecule has 0 bridgehead atoms. The lowest BCUT2D eigenvalue weighted by atomic mass is 10.1. The number of ether oxygens (including phenoxy) is 1. The first kappa shape index (κ1) is 25.8. The molecule has 1 fully saturated rings. The fraction of sp³-hybridized carbons (Fsp3) is 0.333. The zero-order valence-electron chi connectivity index (χ0n) is 19.6. The molecule has 0 radical (unpaired) electrons. The van der Waals surface area contributed by atoms with Crippen molar-refractivity contribution >= 4 is 46.6 Å². The maximum atomic E-state index is 12.4. The molecule has 0 aromatic heterocycles. The molecule has 1 saturated heterocycles. The number of carbonyl (C=O) groups excluding carboxylic acids is 1. The Bertz CT molecular complexity index is 1080. The lowest BCUT2D eigenvalue weighted by Crippen LogP contribution is -2.41. The van der Waals surface area contributed by atoms with Crippen LogP contribution in [0.1, 0.15) is 12.0 Å². The van der Waals surface area contributed by atoms with E-state index in [1.54, 1.807) is 7.05 Å². The van der Waals surface area contributed by atoms with Crippen molar-refractivity contribution in [1.82, 2.24) is 15.5 Å². The van der Waals surface area contributed by atoms with Crippen molar-refractivity contribution in [1.29, 1.82) is 0 Å². The Labute approximate surface area is 218 Å². The zero-order chi connectivity index (χ0) is 22.9. The summed E-state index contributed by atoms with van der Waals surface area (Å²) in [5.74, 6) is 2.15. The molecule has 2 N–H and O–H groups in total. The highest BCUT2D eigenvalue weighted by molar-refractivity contribution is 14.0. The van der Waals surface area contributed by atoms with Crippen molar-refractivity contribution in [2.75, 3.05) is 39.8 Å². The molecule has 1 unspecified atom stereocenters. The van der Waals surface area contributed by atoms with Gasteiger partial charge in [-0.1, -0.05) is 66.7 Å². The van der Waals surface area contributed by atoms with E-state index in [1.807, 2.05) is 47.4 Å². The number of likely N-dealkylation sites (tertiary alicyclic amines) is 1. The van der Waals surface area contributed by atoms with E-state index in [9.17, 15) is 4.79 Å². The fourth-order valence-electron chi connectivity index (χ4n) is 4.23. The van der Waals surface area contributed by atoms with Crippen LogP contribution in [-0.4, -0.2) is 56.6 Å². The van der Waals surface area contributed by atoms with Crippen LogP contribution in [0.2, 0.25) is 0 Å². The third-order valence-electron chi connectivity index (χ3n) is 5.99. The van der Waals surface area contributed by atoms with Crippen molar-refractivity contribution in [3.63, 3.8) is 0 Å². The molecule has 1 aliphatic rings. The summed E-state index contributed by atoms with van der Waals surface area (Å²) in [6.07, 6.45) is 1.48. The Morgan fingerprint density at radius 2 is 1.79 bits per heavy atom. The van der Waals surface area contributed by atoms with E-state index >= 15 is 0 Å². The van der Waals surface area contributed by atoms with Gasteiger partial charge in [-0.25, -0.2) is 0 Å². The molecule has 7 heteroatoms. The molecule has 3 aromatic rings. The summed E-state index contributed by atoms with van der Waals surface area (Å²) in [4.78, 5) is 18.7. The third-order valence-corrected chi connectivity index (χ3v) is 5.99. The number of halogens is 1. The number of guanidine groups is 1. The van der Waals surface area contributed by atoms with Gasteiger partial charge in [-0.2, -0.15) is 0 Å². The second-order valence-electron chi connectivity index (χ2n) is 8.35. The van der Waals surface area contributed by atoms with Crippen molar-refractivity contribution in [3.05, 3.63) is 78.4 Å². The summed E-state index contributed by atoms with van der Waals surface area (Å²) in [6.45, 7) is 3.45. The lowest BCUT2D eigenvalue weighted by Gasteiger charge is -2.18. The van der Waals surface area contributed by atoms with Crippen molar-refractivity contribution in [2.24, 2.45) is 10.9 Å². The van der Waals surface area contributed by atoms with E-state index in [0.29, 0.717) is 25.5 Å². The number of hydrogen-bond donors (Lipinski definition) is 2. The van der Waals surface area contributed by atoms with Crippen LogP contribution in [0.15, 0.2) is 77.8 Å². The molecule has 180 valence electrons. The highest BCUT2D eigenvalue weighted by Gasteiger charge is 2.29. The van der Waals surface area contributed by atoms with Gasteiger partial charge in [0.05, 0.1) is 6.54 Å². The van der Waals surface area contributed by atoms with E-state index in [1.165, 1.54) is 10.9 Å². The number of rotatable bonds is 9. The van der Waals surface area contributed by atoms with Gasteiger partial charge in [-0.05, 0) is 23.4 Å². The number of carbonyl (C=O) groups is 1. The quantitative estimate of drug-likeness (QED) is 0.176. The summed E-state index contributed by atoms with van der Waals surface area (Å²) in [5, 5.41) is 8.94. The first-order valence-electron chi connectivity index (χ1n) is 11.6. The minimum atomic E-state index is 0. The van der Waals surface area contributed by atoms with Crippen LogP contribution in [0.25, 0.3) is 10.8 Å². The van der Waals surface area contributed by atoms with E-state index in [0.717, 1.165) is 43.2 Å². The molecular weight excluding hydrogens is 539 g/mol. The molecule has 4 rings (SSSR count). The monoisotopic (exact) mass is 572 g/mol. The van der Waals surface area contributed by atoms with E-state index < -0.39 is 0 Å². The van der Waals surface area contributed by atoms with Gasteiger partial charge in [0.25, 0.3) is 0 Å². The van der Waals surface area contributed by atoms with E-state index in [-0.39, 0.29) is 29.9 Å². The van der Waals surface area contributed by atoms with Crippen LogP contribution in [0.5, 0.6) is 5.75 Å². The van der Waals surface area contributed by atoms with E-state index in [2.05, 4.69) is 46.0 Å². The van der Waals surface area contributed by atoms with Crippen LogP contribution in [0, 0.1) is 5.92 Å². The molecule has 1 aliphatic heterocycles. The molecule has 34 heavy (non-hydrogen) atoms. The molecule has 1 atom stereocenters. The number of amides is 1. The number of nitrogens with one attached hydrogen (secondary N) is 2. The highest BCUT2D eigenvalue weighted by atomic mass is 127. The van der Waals surface area contributed by atoms with Crippen LogP contribution in [0.3, 0.4) is 0 Å². The van der Waals surface area contributed by atoms with Gasteiger partial charge in [0.15, 0.2) is 5.96 Å². The van der Waals surface area contributed by atoms with Gasteiger partial charge < -0.3 is 20.3 Å². The molecular formula is C27H33IN4O2. The Kier molecular flexibility index (Phi) is 10.00. The lowest BCUT2D eigenvalue weighted by molar-refractivity contribution is -0.127. The second kappa shape index (κ2) is 13.2. The Balaban J connectivity index is 0.00000324. The van der Waals surface area contributed by atoms with Gasteiger partial charge in [0.2, 0.25) is 5.91 Å². The van der Waals surface area contributed by atoms with Crippen molar-refractivity contribution in [2.45, 2.75) is 12.8 Å². The highest BCUT2D eigenvalue weighted by Crippen LogP contribution is 2.24. The topological polar surface area (TPSA) is 66.0 Å². The largest absolute Gasteiger partial charge is 0.491 e. The number of aliphatic imine (C=N–C) groups is 1. The third kappa shape index (κ3) is 7.09. The standard InChI is InChI=1S/C27H32N4O2.HI/c1-28-27(29-15-17-33-25-13-7-11-23-10-5-6-12-24(23)25)30-19-22-18-26(32)31(20-22)16-14-21-8-3-2-4-9-21;/h2-13,22H,14-20H2,1H3,(H2,28,29,30);1H. The molecule has 3 aromatic carbocycles. The molecule has 0 spiro atoms. The molecule has 0 aliphatic carbocycles. The normalized spacial score (nSPS) is 15.8. The smallest absolute Gasteiger partial charge is 0.223 e. The Morgan fingerprint density at radius 1 is 1.03 bits per heavy atom. The number of benzene rings is 3. The van der Waals surface area contributed by atoms with Crippen LogP contribution < -0.4 is 15.4 Å². The van der Waals surface area contributed by atoms with Gasteiger partial charge in [0.1, 0.15) is 12.4 Å². The molecule has 1 amide bonds. The van der Waals surface area contributed by atoms with E-state index in [4.69, 9.17) is 4.74 Å². The summed E-state index contributed by atoms with van der Waals surface area (Å²) in [7, 11) is 1.76. The molecule has 0 saturated carbocycles. The van der Waals surface area contributed by atoms with Crippen molar-refractivity contribution in [3.8, 4) is 5.75 Å². The van der Waals surface area contributed by atoms with Gasteiger partial charge in [-0.15, -0.1) is 24.0 Å². The predicted octanol–water partition coefficient (Wildman–Crippen LogP) is 4.09. The Hall–Kier alpha value is -2.81. The van der Waals surface area contributed by atoms with Crippen LogP contribution >= 0.6 is 24.0 Å². The van der Waals surface area contributed by atoms with Crippen LogP contribution in [-0.2, 0) is 11.2 Å². The maximum absolute atomic E-state index is 12.4. The molecule has 1 heterocycles. The van der Waals surface area contributed by atoms with Crippen molar-refractivity contribution < 1.29 is 9.53 Å². The van der Waals surface area contributed by atoms with Crippen LogP contribution in [0.4, 0.5) is 0 Å². The number of nitrogens with zero attached hydrogens (tertiary/aromatic N) is 2. The minimum absolute atomic E-state index is 0. The molecule has 6 nitrogen and oxygen atoms in total. The maximum Gasteiger partial charge on any atom is 0.223 e. The SMILES string of the molecule is CN=C(NCCOc1cccc2ccccc12)NCC1CC(=O)N(CCc2ccccc2)C1.I. The minimum Gasteiger partial charge on any atom is -0.491 e. The summed E-state index contributed by atoms with van der Waals surface area (Å²) < 4.78 is 5.99. The van der Waals surface area contributed by atoms with Gasteiger partial charge in [-0.3, -0.25) is 9.79 Å². The van der Waals surface area contributed by atoms with Gasteiger partial charge >= 0.3 is 0 Å². The Morgan fingerprint density at radius 3 is 2.62 bits per heavy atom. The summed E-state index contributed by atoms with van der Waals surface area (Å²) in [6, 6.07) is 24.6.